The van der Waals surface area contributed by atoms with Crippen molar-refractivity contribution in [2.24, 2.45) is 0 Å². The number of rotatable bonds is 8. The Morgan fingerprint density at radius 1 is 1.17 bits per heavy atom. The Morgan fingerprint density at radius 2 is 1.83 bits per heavy atom. The Morgan fingerprint density at radius 3 is 2.39 bits per heavy atom. The van der Waals surface area contributed by atoms with E-state index in [9.17, 15) is 13.2 Å². The zero-order valence-corrected chi connectivity index (χ0v) is 15.7. The zero-order valence-electron chi connectivity index (χ0n) is 13.3. The van der Waals surface area contributed by atoms with Crippen molar-refractivity contribution in [2.45, 2.75) is 6.42 Å². The summed E-state index contributed by atoms with van der Waals surface area (Å²) in [6.07, 6.45) is 1.16. The second kappa shape index (κ2) is 8.84. The number of anilines is 1. The molecule has 130 valence electrons. The molecule has 0 saturated carbocycles. The summed E-state index contributed by atoms with van der Waals surface area (Å²) in [5.41, 5.74) is 0.406. The number of halogens is 2. The van der Waals surface area contributed by atoms with E-state index in [1.54, 1.807) is 18.2 Å². The zero-order chi connectivity index (χ0) is 17.6. The van der Waals surface area contributed by atoms with Gasteiger partial charge in [0.1, 0.15) is 0 Å². The fourth-order valence-electron chi connectivity index (χ4n) is 1.79. The molecule has 1 aromatic carbocycles. The molecular formula is C14H21Cl2N3O3S. The molecule has 0 radical (unpaired) electrons. The predicted molar refractivity (Wildman–Crippen MR) is 94.7 cm³/mol. The second-order valence-electron chi connectivity index (χ2n) is 5.39. The highest BCUT2D eigenvalue weighted by atomic mass is 35.5. The van der Waals surface area contributed by atoms with Crippen LogP contribution in [0.3, 0.4) is 0 Å². The Labute approximate surface area is 147 Å². The molecule has 1 amide bonds. The van der Waals surface area contributed by atoms with Crippen molar-refractivity contribution in [3.63, 3.8) is 0 Å². The van der Waals surface area contributed by atoms with Crippen molar-refractivity contribution in [3.05, 3.63) is 28.2 Å². The third-order valence-electron chi connectivity index (χ3n) is 3.06. The molecule has 23 heavy (non-hydrogen) atoms. The summed E-state index contributed by atoms with van der Waals surface area (Å²) in [6, 6.07) is 4.74. The fraction of sp³-hybridized carbons (Fsp3) is 0.500. The summed E-state index contributed by atoms with van der Waals surface area (Å²) in [4.78, 5) is 13.9. The van der Waals surface area contributed by atoms with Gasteiger partial charge in [-0.2, -0.15) is 0 Å². The molecule has 0 saturated heterocycles. The molecule has 0 fully saturated rings. The van der Waals surface area contributed by atoms with Gasteiger partial charge in [0.2, 0.25) is 15.9 Å². The Hall–Kier alpha value is -0.860. The average Bonchev–Trinajstić information content (AvgIpc) is 2.41. The molecule has 1 rings (SSSR count). The minimum absolute atomic E-state index is 0.0311. The fourth-order valence-corrected chi connectivity index (χ4v) is 2.96. The smallest absolute Gasteiger partial charge is 0.225 e. The van der Waals surface area contributed by atoms with Gasteiger partial charge in [0.05, 0.1) is 17.0 Å². The largest absolute Gasteiger partial charge is 0.325 e. The summed E-state index contributed by atoms with van der Waals surface area (Å²) in [6.45, 7) is 1.02. The van der Waals surface area contributed by atoms with E-state index < -0.39 is 10.0 Å². The van der Waals surface area contributed by atoms with Crippen LogP contribution in [-0.4, -0.2) is 63.5 Å². The molecule has 9 heteroatoms. The summed E-state index contributed by atoms with van der Waals surface area (Å²) in [5, 5.41) is 3.46. The topological polar surface area (TPSA) is 69.7 Å². The van der Waals surface area contributed by atoms with Crippen LogP contribution in [0.5, 0.6) is 0 Å². The molecule has 6 nitrogen and oxygen atoms in total. The van der Waals surface area contributed by atoms with Gasteiger partial charge in [-0.3, -0.25) is 4.79 Å². The standard InChI is InChI=1S/C14H21Cl2N3O3S/c1-18(2)8-9-19(23(3,21)22)7-6-14(20)17-13-10-11(15)4-5-12(13)16/h4-5,10H,6-9H2,1-3H3,(H,17,20). The van der Waals surface area contributed by atoms with E-state index in [4.69, 9.17) is 23.2 Å². The van der Waals surface area contributed by atoms with Gasteiger partial charge in [0.25, 0.3) is 0 Å². The quantitative estimate of drug-likeness (QED) is 0.748. The minimum atomic E-state index is -3.36. The molecular weight excluding hydrogens is 361 g/mol. The maximum atomic E-state index is 12.0. The van der Waals surface area contributed by atoms with Crippen molar-refractivity contribution in [1.29, 1.82) is 0 Å². The minimum Gasteiger partial charge on any atom is -0.325 e. The first-order valence-electron chi connectivity index (χ1n) is 6.94. The SMILES string of the molecule is CN(C)CCN(CCC(=O)Nc1cc(Cl)ccc1Cl)S(C)(=O)=O. The van der Waals surface area contributed by atoms with Gasteiger partial charge in [-0.05, 0) is 32.3 Å². The molecule has 0 aliphatic carbocycles. The molecule has 0 aromatic heterocycles. The number of amides is 1. The average molecular weight is 382 g/mol. The number of nitrogens with one attached hydrogen (secondary N) is 1. The number of hydrogen-bond acceptors (Lipinski definition) is 4. The second-order valence-corrected chi connectivity index (χ2v) is 8.21. The highest BCUT2D eigenvalue weighted by Crippen LogP contribution is 2.25. The van der Waals surface area contributed by atoms with Gasteiger partial charge in [0.15, 0.2) is 0 Å². The lowest BCUT2D eigenvalue weighted by Gasteiger charge is -2.21. The summed E-state index contributed by atoms with van der Waals surface area (Å²) in [7, 11) is 0.346. The number of carbonyl (C=O) groups excluding carboxylic acids is 1. The molecule has 0 spiro atoms. The Balaban J connectivity index is 2.63. The molecule has 1 N–H and O–H groups in total. The first-order chi connectivity index (χ1) is 10.6. The van der Waals surface area contributed by atoms with Gasteiger partial charge in [0, 0.05) is 31.1 Å². The van der Waals surface area contributed by atoms with Crippen molar-refractivity contribution in [2.75, 3.05) is 45.3 Å². The molecule has 0 aliphatic heterocycles. The predicted octanol–water partition coefficient (Wildman–Crippen LogP) is 2.15. The molecule has 0 atom stereocenters. The van der Waals surface area contributed by atoms with Gasteiger partial charge in [-0.25, -0.2) is 12.7 Å². The summed E-state index contributed by atoms with van der Waals surface area (Å²) in [5.74, 6) is -0.326. The number of sulfonamides is 1. The number of likely N-dealkylation sites (N-methyl/N-ethyl adjacent to an activating group) is 1. The summed E-state index contributed by atoms with van der Waals surface area (Å²) >= 11 is 11.8. The van der Waals surface area contributed by atoms with E-state index in [-0.39, 0.29) is 18.9 Å². The first-order valence-corrected chi connectivity index (χ1v) is 9.55. The van der Waals surface area contributed by atoms with Gasteiger partial charge < -0.3 is 10.2 Å². The maximum Gasteiger partial charge on any atom is 0.225 e. The number of benzene rings is 1. The highest BCUT2D eigenvalue weighted by Gasteiger charge is 2.18. The van der Waals surface area contributed by atoms with E-state index in [0.29, 0.717) is 28.8 Å². The number of hydrogen-bond donors (Lipinski definition) is 1. The van der Waals surface area contributed by atoms with Crippen molar-refractivity contribution in [3.8, 4) is 0 Å². The molecule has 0 aliphatic rings. The van der Waals surface area contributed by atoms with Crippen LogP contribution in [0.15, 0.2) is 18.2 Å². The molecule has 0 heterocycles. The molecule has 0 bridgehead atoms. The lowest BCUT2D eigenvalue weighted by atomic mass is 10.3. The van der Waals surface area contributed by atoms with Crippen LogP contribution in [-0.2, 0) is 14.8 Å². The van der Waals surface area contributed by atoms with E-state index in [1.807, 2.05) is 19.0 Å². The van der Waals surface area contributed by atoms with E-state index in [1.165, 1.54) is 4.31 Å². The van der Waals surface area contributed by atoms with Crippen molar-refractivity contribution < 1.29 is 13.2 Å². The van der Waals surface area contributed by atoms with Crippen molar-refractivity contribution in [1.82, 2.24) is 9.21 Å². The number of carbonyl (C=O) groups is 1. The maximum absolute atomic E-state index is 12.0. The Bertz CT molecular complexity index is 651. The van der Waals surface area contributed by atoms with E-state index in [2.05, 4.69) is 5.32 Å². The lowest BCUT2D eigenvalue weighted by molar-refractivity contribution is -0.116. The van der Waals surface area contributed by atoms with Gasteiger partial charge in [-0.15, -0.1) is 0 Å². The van der Waals surface area contributed by atoms with E-state index in [0.717, 1.165) is 6.26 Å². The van der Waals surface area contributed by atoms with E-state index >= 15 is 0 Å². The Kier molecular flexibility index (Phi) is 7.76. The number of nitrogens with zero attached hydrogens (tertiary/aromatic N) is 2. The highest BCUT2D eigenvalue weighted by molar-refractivity contribution is 7.88. The lowest BCUT2D eigenvalue weighted by Crippen LogP contribution is -2.37. The third kappa shape index (κ3) is 7.50. The van der Waals surface area contributed by atoms with Crippen LogP contribution >= 0.6 is 23.2 Å². The van der Waals surface area contributed by atoms with Gasteiger partial charge >= 0.3 is 0 Å². The van der Waals surface area contributed by atoms with Crippen LogP contribution in [0.4, 0.5) is 5.69 Å². The van der Waals surface area contributed by atoms with Crippen LogP contribution in [0.2, 0.25) is 10.0 Å². The van der Waals surface area contributed by atoms with Crippen LogP contribution in [0, 0.1) is 0 Å². The van der Waals surface area contributed by atoms with Gasteiger partial charge in [-0.1, -0.05) is 23.2 Å². The summed E-state index contributed by atoms with van der Waals surface area (Å²) < 4.78 is 24.8. The third-order valence-corrected chi connectivity index (χ3v) is 4.92. The molecule has 0 unspecified atom stereocenters. The van der Waals surface area contributed by atoms with Crippen LogP contribution in [0.25, 0.3) is 0 Å². The van der Waals surface area contributed by atoms with Crippen LogP contribution < -0.4 is 5.32 Å². The van der Waals surface area contributed by atoms with Crippen LogP contribution in [0.1, 0.15) is 6.42 Å². The first kappa shape index (κ1) is 20.2. The normalized spacial score (nSPS) is 12.0. The van der Waals surface area contributed by atoms with Crippen molar-refractivity contribution >= 4 is 44.8 Å². The molecule has 1 aromatic rings. The monoisotopic (exact) mass is 381 g/mol.